The molecule has 0 spiro atoms. The molecule has 3 rings (SSSR count). The van der Waals surface area contributed by atoms with Crippen LogP contribution >= 0.6 is 0 Å². The molecule has 1 atom stereocenters. The summed E-state index contributed by atoms with van der Waals surface area (Å²) in [7, 11) is 2.08. The van der Waals surface area contributed by atoms with Gasteiger partial charge in [-0.25, -0.2) is 0 Å². The Morgan fingerprint density at radius 2 is 1.85 bits per heavy atom. The Bertz CT molecular complexity index is 466. The molecule has 2 aliphatic rings. The van der Waals surface area contributed by atoms with E-state index < -0.39 is 0 Å². The number of fused-ring (bicyclic) bond motifs is 1. The normalized spacial score (nSPS) is 21.7. The number of benzene rings is 1. The van der Waals surface area contributed by atoms with Crippen molar-refractivity contribution in [1.82, 2.24) is 5.32 Å². The highest BCUT2D eigenvalue weighted by Crippen LogP contribution is 2.50. The predicted octanol–water partition coefficient (Wildman–Crippen LogP) is 3.69. The lowest BCUT2D eigenvalue weighted by atomic mass is 9.73. The summed E-state index contributed by atoms with van der Waals surface area (Å²) < 4.78 is 11.4. The molecule has 0 saturated heterocycles. The molecule has 1 heterocycles. The van der Waals surface area contributed by atoms with Gasteiger partial charge in [0.05, 0.1) is 0 Å². The summed E-state index contributed by atoms with van der Waals surface area (Å²) in [4.78, 5) is 0. The minimum absolute atomic E-state index is 0.401. The summed E-state index contributed by atoms with van der Waals surface area (Å²) in [6.45, 7) is 3.63. The average molecular weight is 275 g/mol. The van der Waals surface area contributed by atoms with Gasteiger partial charge in [0.25, 0.3) is 0 Å². The fourth-order valence-corrected chi connectivity index (χ4v) is 3.99. The van der Waals surface area contributed by atoms with E-state index >= 15 is 0 Å². The number of hydrogen-bond donors (Lipinski definition) is 1. The molecule has 1 fully saturated rings. The van der Waals surface area contributed by atoms with Crippen molar-refractivity contribution < 1.29 is 9.47 Å². The van der Waals surface area contributed by atoms with Gasteiger partial charge in [0.2, 0.25) is 0 Å². The topological polar surface area (TPSA) is 30.5 Å². The van der Waals surface area contributed by atoms with Crippen LogP contribution in [0.1, 0.15) is 50.6 Å². The van der Waals surface area contributed by atoms with Crippen molar-refractivity contribution in [3.05, 3.63) is 23.8 Å². The molecule has 1 aliphatic carbocycles. The summed E-state index contributed by atoms with van der Waals surface area (Å²) in [5, 5.41) is 3.56. The largest absolute Gasteiger partial charge is 0.486 e. The SMILES string of the molecule is CCC1(C(NC)c2ccc3c(c2)OCCO3)CCCC1. The van der Waals surface area contributed by atoms with E-state index in [2.05, 4.69) is 37.5 Å². The first-order valence-corrected chi connectivity index (χ1v) is 7.86. The Morgan fingerprint density at radius 1 is 1.15 bits per heavy atom. The molecule has 3 nitrogen and oxygen atoms in total. The van der Waals surface area contributed by atoms with Crippen LogP contribution in [0.2, 0.25) is 0 Å². The van der Waals surface area contributed by atoms with E-state index in [4.69, 9.17) is 9.47 Å². The van der Waals surface area contributed by atoms with Crippen LogP contribution in [0, 0.1) is 5.41 Å². The van der Waals surface area contributed by atoms with E-state index in [1.807, 2.05) is 0 Å². The second kappa shape index (κ2) is 5.65. The third-order valence-electron chi connectivity index (χ3n) is 5.10. The number of hydrogen-bond acceptors (Lipinski definition) is 3. The van der Waals surface area contributed by atoms with Crippen molar-refractivity contribution in [2.45, 2.75) is 45.1 Å². The quantitative estimate of drug-likeness (QED) is 0.909. The second-order valence-corrected chi connectivity index (χ2v) is 6.05. The fraction of sp³-hybridized carbons (Fsp3) is 0.647. The summed E-state index contributed by atoms with van der Waals surface area (Å²) in [5.74, 6) is 1.78. The highest BCUT2D eigenvalue weighted by Gasteiger charge is 2.40. The van der Waals surface area contributed by atoms with Crippen LogP contribution in [-0.2, 0) is 0 Å². The van der Waals surface area contributed by atoms with Crippen molar-refractivity contribution in [3.63, 3.8) is 0 Å². The average Bonchev–Trinajstić information content (AvgIpc) is 2.98. The Labute approximate surface area is 121 Å². The van der Waals surface area contributed by atoms with Crippen LogP contribution in [0.4, 0.5) is 0 Å². The molecule has 110 valence electrons. The fourth-order valence-electron chi connectivity index (χ4n) is 3.99. The van der Waals surface area contributed by atoms with Crippen molar-refractivity contribution in [1.29, 1.82) is 0 Å². The number of ether oxygens (including phenoxy) is 2. The van der Waals surface area contributed by atoms with Gasteiger partial charge in [0.15, 0.2) is 11.5 Å². The lowest BCUT2D eigenvalue weighted by molar-refractivity contribution is 0.169. The third kappa shape index (κ3) is 2.28. The monoisotopic (exact) mass is 275 g/mol. The van der Waals surface area contributed by atoms with Crippen molar-refractivity contribution >= 4 is 0 Å². The first kappa shape index (κ1) is 13.7. The molecular formula is C17H25NO2. The molecule has 1 saturated carbocycles. The summed E-state index contributed by atoms with van der Waals surface area (Å²) in [6, 6.07) is 6.84. The van der Waals surface area contributed by atoms with Gasteiger partial charge in [-0.2, -0.15) is 0 Å². The van der Waals surface area contributed by atoms with E-state index in [0.717, 1.165) is 11.5 Å². The standard InChI is InChI=1S/C17H25NO2/c1-3-17(8-4-5-9-17)16(18-2)13-6-7-14-15(12-13)20-11-10-19-14/h6-7,12,16,18H,3-5,8-11H2,1-2H3. The molecule has 0 aromatic heterocycles. The molecule has 0 bridgehead atoms. The second-order valence-electron chi connectivity index (χ2n) is 6.05. The van der Waals surface area contributed by atoms with Gasteiger partial charge in [-0.15, -0.1) is 0 Å². The number of nitrogens with one attached hydrogen (secondary N) is 1. The highest BCUT2D eigenvalue weighted by molar-refractivity contribution is 5.45. The van der Waals surface area contributed by atoms with Gasteiger partial charge in [-0.1, -0.05) is 25.8 Å². The Hall–Kier alpha value is -1.22. The van der Waals surface area contributed by atoms with Crippen LogP contribution in [-0.4, -0.2) is 20.3 Å². The summed E-state index contributed by atoms with van der Waals surface area (Å²) >= 11 is 0. The van der Waals surface area contributed by atoms with E-state index in [1.54, 1.807) is 0 Å². The predicted molar refractivity (Wildman–Crippen MR) is 80.4 cm³/mol. The molecule has 1 unspecified atom stereocenters. The van der Waals surface area contributed by atoms with Gasteiger partial charge in [0, 0.05) is 6.04 Å². The van der Waals surface area contributed by atoms with Crippen LogP contribution in [0.5, 0.6) is 11.5 Å². The van der Waals surface area contributed by atoms with E-state index in [-0.39, 0.29) is 0 Å². The van der Waals surface area contributed by atoms with Crippen LogP contribution in [0.3, 0.4) is 0 Å². The van der Waals surface area contributed by atoms with Crippen LogP contribution in [0.15, 0.2) is 18.2 Å². The summed E-state index contributed by atoms with van der Waals surface area (Å²) in [6.07, 6.45) is 6.59. The zero-order valence-corrected chi connectivity index (χ0v) is 12.6. The summed E-state index contributed by atoms with van der Waals surface area (Å²) in [5.41, 5.74) is 1.74. The molecule has 3 heteroatoms. The zero-order chi connectivity index (χ0) is 14.0. The van der Waals surface area contributed by atoms with E-state index in [9.17, 15) is 0 Å². The van der Waals surface area contributed by atoms with Crippen molar-refractivity contribution in [2.24, 2.45) is 5.41 Å². The molecule has 1 N–H and O–H groups in total. The van der Waals surface area contributed by atoms with Crippen LogP contribution < -0.4 is 14.8 Å². The Morgan fingerprint density at radius 3 is 2.50 bits per heavy atom. The molecule has 1 aromatic rings. The third-order valence-corrected chi connectivity index (χ3v) is 5.10. The smallest absolute Gasteiger partial charge is 0.161 e. The molecule has 1 aliphatic heterocycles. The van der Waals surface area contributed by atoms with Gasteiger partial charge in [-0.05, 0) is 49.4 Å². The molecule has 0 amide bonds. The van der Waals surface area contributed by atoms with Crippen molar-refractivity contribution in [2.75, 3.05) is 20.3 Å². The Balaban J connectivity index is 1.92. The molecule has 20 heavy (non-hydrogen) atoms. The maximum absolute atomic E-state index is 5.74. The van der Waals surface area contributed by atoms with E-state index in [1.165, 1.54) is 37.7 Å². The zero-order valence-electron chi connectivity index (χ0n) is 12.6. The molecule has 0 radical (unpaired) electrons. The molecule has 1 aromatic carbocycles. The first-order valence-electron chi connectivity index (χ1n) is 7.86. The molecular weight excluding hydrogens is 250 g/mol. The van der Waals surface area contributed by atoms with Gasteiger partial charge < -0.3 is 14.8 Å². The minimum atomic E-state index is 0.401. The first-order chi connectivity index (χ1) is 9.79. The lowest BCUT2D eigenvalue weighted by Gasteiger charge is -2.37. The Kier molecular flexibility index (Phi) is 3.88. The van der Waals surface area contributed by atoms with Gasteiger partial charge in [-0.3, -0.25) is 0 Å². The number of rotatable bonds is 4. The maximum atomic E-state index is 5.74. The minimum Gasteiger partial charge on any atom is -0.486 e. The van der Waals surface area contributed by atoms with Crippen molar-refractivity contribution in [3.8, 4) is 11.5 Å². The van der Waals surface area contributed by atoms with Gasteiger partial charge in [0.1, 0.15) is 13.2 Å². The highest BCUT2D eigenvalue weighted by atomic mass is 16.6. The van der Waals surface area contributed by atoms with Crippen LogP contribution in [0.25, 0.3) is 0 Å². The van der Waals surface area contributed by atoms with E-state index in [0.29, 0.717) is 24.7 Å². The lowest BCUT2D eigenvalue weighted by Crippen LogP contribution is -2.34. The maximum Gasteiger partial charge on any atom is 0.161 e. The van der Waals surface area contributed by atoms with Gasteiger partial charge >= 0.3 is 0 Å².